The molecule has 178 valence electrons. The van der Waals surface area contributed by atoms with Crippen molar-refractivity contribution in [3.05, 3.63) is 88.5 Å². The summed E-state index contributed by atoms with van der Waals surface area (Å²) in [6.07, 6.45) is 1.64. The number of fused-ring (bicyclic) bond motifs is 1. The lowest BCUT2D eigenvalue weighted by Crippen LogP contribution is -2.23. The van der Waals surface area contributed by atoms with Crippen molar-refractivity contribution in [1.82, 2.24) is 9.55 Å². The molecule has 4 aromatic rings. The van der Waals surface area contributed by atoms with E-state index in [9.17, 15) is 14.4 Å². The number of aromatic nitrogens is 2. The number of amides is 1. The van der Waals surface area contributed by atoms with Gasteiger partial charge in [0.25, 0.3) is 5.56 Å². The topological polar surface area (TPSA) is 90.3 Å². The molecule has 0 bridgehead atoms. The van der Waals surface area contributed by atoms with Crippen molar-refractivity contribution in [3.8, 4) is 11.1 Å². The number of rotatable bonds is 9. The van der Waals surface area contributed by atoms with Crippen molar-refractivity contribution in [1.29, 1.82) is 0 Å². The zero-order chi connectivity index (χ0) is 24.8. The largest absolute Gasteiger partial charge is 0.462 e. The van der Waals surface area contributed by atoms with Gasteiger partial charge in [0.2, 0.25) is 5.91 Å². The molecular weight excluding hydrogens is 482 g/mol. The van der Waals surface area contributed by atoms with Gasteiger partial charge in [0, 0.05) is 23.2 Å². The molecular formula is C26H23N3O4S2. The van der Waals surface area contributed by atoms with Crippen LogP contribution in [0.3, 0.4) is 0 Å². The molecule has 0 atom stereocenters. The summed E-state index contributed by atoms with van der Waals surface area (Å²) in [5.74, 6) is -0.604. The van der Waals surface area contributed by atoms with Gasteiger partial charge in [0.05, 0.1) is 23.3 Å². The molecule has 0 saturated heterocycles. The Balaban J connectivity index is 1.52. The van der Waals surface area contributed by atoms with Gasteiger partial charge in [-0.05, 0) is 36.8 Å². The molecule has 35 heavy (non-hydrogen) atoms. The fraction of sp³-hybridized carbons (Fsp3) is 0.154. The van der Waals surface area contributed by atoms with Crippen LogP contribution >= 0.6 is 23.1 Å². The van der Waals surface area contributed by atoms with Crippen molar-refractivity contribution in [3.63, 3.8) is 0 Å². The highest BCUT2D eigenvalue weighted by Gasteiger charge is 2.18. The molecule has 0 radical (unpaired) electrons. The summed E-state index contributed by atoms with van der Waals surface area (Å²) >= 11 is 2.59. The second-order valence-corrected chi connectivity index (χ2v) is 9.23. The Morgan fingerprint density at radius 1 is 1.17 bits per heavy atom. The minimum absolute atomic E-state index is 0.0611. The van der Waals surface area contributed by atoms with E-state index in [0.717, 1.165) is 11.1 Å². The van der Waals surface area contributed by atoms with E-state index in [0.29, 0.717) is 33.2 Å². The maximum atomic E-state index is 13.4. The third-order valence-electron chi connectivity index (χ3n) is 5.07. The summed E-state index contributed by atoms with van der Waals surface area (Å²) in [6.45, 7) is 6.08. The highest BCUT2D eigenvalue weighted by Crippen LogP contribution is 2.32. The zero-order valence-electron chi connectivity index (χ0n) is 19.0. The summed E-state index contributed by atoms with van der Waals surface area (Å²) < 4.78 is 6.51. The van der Waals surface area contributed by atoms with Crippen molar-refractivity contribution < 1.29 is 14.3 Å². The maximum absolute atomic E-state index is 13.4. The van der Waals surface area contributed by atoms with Crippen LogP contribution in [-0.4, -0.2) is 33.8 Å². The highest BCUT2D eigenvalue weighted by molar-refractivity contribution is 7.99. The molecule has 0 aliphatic heterocycles. The zero-order valence-corrected chi connectivity index (χ0v) is 20.7. The Labute approximate surface area is 210 Å². The number of carbonyl (C=O) groups excluding carboxylic acids is 2. The lowest BCUT2D eigenvalue weighted by atomic mass is 10.1. The molecule has 1 amide bonds. The first-order valence-corrected chi connectivity index (χ1v) is 12.8. The maximum Gasteiger partial charge on any atom is 0.338 e. The Kier molecular flexibility index (Phi) is 7.79. The monoisotopic (exact) mass is 505 g/mol. The highest BCUT2D eigenvalue weighted by atomic mass is 32.2. The molecule has 1 N–H and O–H groups in total. The molecule has 4 rings (SSSR count). The molecule has 2 heterocycles. The van der Waals surface area contributed by atoms with Crippen molar-refractivity contribution >= 4 is 50.9 Å². The second-order valence-electron chi connectivity index (χ2n) is 7.43. The lowest BCUT2D eigenvalue weighted by Gasteiger charge is -2.11. The summed E-state index contributed by atoms with van der Waals surface area (Å²) in [6, 6.07) is 16.2. The summed E-state index contributed by atoms with van der Waals surface area (Å²) in [5, 5.41) is 5.76. The van der Waals surface area contributed by atoms with E-state index in [-0.39, 0.29) is 23.8 Å². The molecule has 0 unspecified atom stereocenters. The molecule has 9 heteroatoms. The van der Waals surface area contributed by atoms with E-state index >= 15 is 0 Å². The van der Waals surface area contributed by atoms with E-state index in [2.05, 4.69) is 11.9 Å². The Morgan fingerprint density at radius 2 is 1.91 bits per heavy atom. The van der Waals surface area contributed by atoms with Crippen LogP contribution in [0.4, 0.5) is 5.69 Å². The quantitative estimate of drug-likeness (QED) is 0.145. The average molecular weight is 506 g/mol. The number of ether oxygens (including phenoxy) is 1. The van der Waals surface area contributed by atoms with Crippen LogP contribution in [0.15, 0.2) is 82.6 Å². The predicted octanol–water partition coefficient (Wildman–Crippen LogP) is 5.22. The van der Waals surface area contributed by atoms with E-state index in [1.54, 1.807) is 41.8 Å². The summed E-state index contributed by atoms with van der Waals surface area (Å²) in [7, 11) is 0. The van der Waals surface area contributed by atoms with Gasteiger partial charge in [0.1, 0.15) is 4.83 Å². The van der Waals surface area contributed by atoms with Gasteiger partial charge in [-0.2, -0.15) is 0 Å². The molecule has 7 nitrogen and oxygen atoms in total. The third-order valence-corrected chi connectivity index (χ3v) is 6.92. The minimum atomic E-state index is -0.411. The number of anilines is 1. The lowest BCUT2D eigenvalue weighted by molar-refractivity contribution is -0.113. The van der Waals surface area contributed by atoms with Gasteiger partial charge >= 0.3 is 5.97 Å². The van der Waals surface area contributed by atoms with Crippen LogP contribution < -0.4 is 10.9 Å². The van der Waals surface area contributed by atoms with Gasteiger partial charge in [-0.3, -0.25) is 14.2 Å². The number of thioether (sulfide) groups is 1. The number of benzene rings is 2. The molecule has 2 aromatic carbocycles. The smallest absolute Gasteiger partial charge is 0.338 e. The molecule has 0 aliphatic rings. The third kappa shape index (κ3) is 5.52. The first-order valence-electron chi connectivity index (χ1n) is 10.9. The number of esters is 1. The fourth-order valence-corrected chi connectivity index (χ4v) is 5.26. The van der Waals surface area contributed by atoms with Gasteiger partial charge in [-0.15, -0.1) is 17.9 Å². The van der Waals surface area contributed by atoms with Gasteiger partial charge < -0.3 is 10.1 Å². The molecule has 0 spiro atoms. The number of nitrogens with one attached hydrogen (secondary N) is 1. The van der Waals surface area contributed by atoms with Crippen molar-refractivity contribution in [2.45, 2.75) is 18.6 Å². The summed E-state index contributed by atoms with van der Waals surface area (Å²) in [5.41, 5.74) is 2.61. The minimum Gasteiger partial charge on any atom is -0.462 e. The van der Waals surface area contributed by atoms with Gasteiger partial charge in [-0.1, -0.05) is 48.2 Å². The van der Waals surface area contributed by atoms with E-state index in [1.807, 2.05) is 35.7 Å². The average Bonchev–Trinajstić information content (AvgIpc) is 3.30. The van der Waals surface area contributed by atoms with Crippen molar-refractivity contribution in [2.75, 3.05) is 17.7 Å². The Morgan fingerprint density at radius 3 is 2.60 bits per heavy atom. The number of hydrogen-bond acceptors (Lipinski definition) is 7. The molecule has 0 saturated carbocycles. The van der Waals surface area contributed by atoms with E-state index < -0.39 is 5.97 Å². The molecule has 2 aromatic heterocycles. The predicted molar refractivity (Wildman–Crippen MR) is 141 cm³/mol. The SMILES string of the molecule is C=CCn1c(SCC(=O)Nc2ccc(C(=O)OCC)cc2)nc2scc(-c3ccccc3)c2c1=O. The summed E-state index contributed by atoms with van der Waals surface area (Å²) in [4.78, 5) is 43.0. The standard InChI is InChI=1S/C26H23N3O4S2/c1-3-14-29-24(31)22-20(17-8-6-5-7-9-17)15-34-23(22)28-26(29)35-16-21(30)27-19-12-10-18(11-13-19)25(32)33-4-2/h3,5-13,15H,1,4,14,16H2,2H3,(H,27,30). The number of nitrogens with zero attached hydrogens (tertiary/aromatic N) is 2. The van der Waals surface area contributed by atoms with Crippen LogP contribution in [0.1, 0.15) is 17.3 Å². The molecule has 0 fully saturated rings. The fourth-order valence-electron chi connectivity index (χ4n) is 3.47. The Hall–Kier alpha value is -3.69. The van der Waals surface area contributed by atoms with Crippen LogP contribution in [0.25, 0.3) is 21.3 Å². The number of carbonyl (C=O) groups is 2. The number of thiophene rings is 1. The first kappa shape index (κ1) is 24.4. The van der Waals surface area contributed by atoms with Gasteiger partial charge in [0.15, 0.2) is 5.16 Å². The van der Waals surface area contributed by atoms with Crippen LogP contribution in [-0.2, 0) is 16.1 Å². The Bertz CT molecular complexity index is 1430. The van der Waals surface area contributed by atoms with Gasteiger partial charge in [-0.25, -0.2) is 9.78 Å². The first-order chi connectivity index (χ1) is 17.0. The normalized spacial score (nSPS) is 10.8. The molecule has 0 aliphatic carbocycles. The van der Waals surface area contributed by atoms with E-state index in [1.165, 1.54) is 23.1 Å². The number of allylic oxidation sites excluding steroid dienone is 1. The van der Waals surface area contributed by atoms with Crippen LogP contribution in [0, 0.1) is 0 Å². The second kappa shape index (κ2) is 11.2. The van der Waals surface area contributed by atoms with E-state index in [4.69, 9.17) is 9.72 Å². The van der Waals surface area contributed by atoms with Crippen LogP contribution in [0.2, 0.25) is 0 Å². The van der Waals surface area contributed by atoms with Crippen molar-refractivity contribution in [2.24, 2.45) is 0 Å². The number of hydrogen-bond donors (Lipinski definition) is 1. The van der Waals surface area contributed by atoms with Crippen LogP contribution in [0.5, 0.6) is 0 Å².